The van der Waals surface area contributed by atoms with Crippen molar-refractivity contribution in [3.8, 4) is 0 Å². The molecule has 1 amide bonds. The van der Waals surface area contributed by atoms with Gasteiger partial charge in [0, 0.05) is 19.5 Å². The minimum atomic E-state index is -0.0991. The lowest BCUT2D eigenvalue weighted by Gasteiger charge is -2.04. The number of aromatic amines is 1. The van der Waals surface area contributed by atoms with Gasteiger partial charge in [0.15, 0.2) is 0 Å². The zero-order valence-electron chi connectivity index (χ0n) is 10.4. The molecular weight excluding hydrogens is 230 g/mol. The second-order valence-corrected chi connectivity index (χ2v) is 4.16. The molecule has 5 heteroatoms. The number of hydrogen-bond donors (Lipinski definition) is 2. The van der Waals surface area contributed by atoms with Gasteiger partial charge in [-0.05, 0) is 18.6 Å². The Morgan fingerprint density at radius 1 is 1.39 bits per heavy atom. The third-order valence-corrected chi connectivity index (χ3v) is 2.88. The summed E-state index contributed by atoms with van der Waals surface area (Å²) in [5.74, 6) is 0.0428. The molecule has 0 aliphatic carbocycles. The number of imidazole rings is 1. The molecule has 0 aliphatic heterocycles. The molecule has 0 saturated carbocycles. The van der Waals surface area contributed by atoms with Crippen LogP contribution in [0.1, 0.15) is 19.8 Å². The van der Waals surface area contributed by atoms with Crippen LogP contribution in [0.15, 0.2) is 29.1 Å². The van der Waals surface area contributed by atoms with Crippen LogP contribution in [0.25, 0.3) is 11.0 Å². The second kappa shape index (κ2) is 5.53. The Balaban J connectivity index is 2.01. The summed E-state index contributed by atoms with van der Waals surface area (Å²) in [5.41, 5.74) is 1.66. The molecule has 1 aromatic carbocycles. The van der Waals surface area contributed by atoms with E-state index >= 15 is 0 Å². The number of benzene rings is 1. The molecule has 0 atom stereocenters. The van der Waals surface area contributed by atoms with E-state index in [0.29, 0.717) is 19.5 Å². The lowest BCUT2D eigenvalue weighted by Crippen LogP contribution is -2.25. The van der Waals surface area contributed by atoms with Gasteiger partial charge in [0.1, 0.15) is 0 Å². The number of carbonyl (C=O) groups excluding carboxylic acids is 1. The van der Waals surface area contributed by atoms with Gasteiger partial charge in [0.25, 0.3) is 0 Å². The Morgan fingerprint density at radius 2 is 2.17 bits per heavy atom. The molecule has 0 spiro atoms. The van der Waals surface area contributed by atoms with E-state index in [1.165, 1.54) is 0 Å². The van der Waals surface area contributed by atoms with Crippen molar-refractivity contribution in [2.45, 2.75) is 26.3 Å². The highest BCUT2D eigenvalue weighted by Crippen LogP contribution is 2.08. The molecule has 0 bridgehead atoms. The predicted molar refractivity (Wildman–Crippen MR) is 70.5 cm³/mol. The molecule has 0 radical (unpaired) electrons. The number of H-pyrrole nitrogens is 1. The minimum Gasteiger partial charge on any atom is -0.356 e. The van der Waals surface area contributed by atoms with Crippen LogP contribution in [0.4, 0.5) is 0 Å². The van der Waals surface area contributed by atoms with E-state index in [1.807, 2.05) is 31.2 Å². The molecule has 1 aromatic heterocycles. The summed E-state index contributed by atoms with van der Waals surface area (Å²) < 4.78 is 1.70. The van der Waals surface area contributed by atoms with E-state index in [1.54, 1.807) is 4.57 Å². The van der Waals surface area contributed by atoms with Crippen LogP contribution >= 0.6 is 0 Å². The zero-order chi connectivity index (χ0) is 13.0. The highest BCUT2D eigenvalue weighted by atomic mass is 16.2. The third-order valence-electron chi connectivity index (χ3n) is 2.88. The predicted octanol–water partition coefficient (Wildman–Crippen LogP) is 1.25. The summed E-state index contributed by atoms with van der Waals surface area (Å²) in [6.45, 7) is 3.02. The van der Waals surface area contributed by atoms with Crippen molar-refractivity contribution in [3.63, 3.8) is 0 Å². The Morgan fingerprint density at radius 3 is 2.94 bits per heavy atom. The van der Waals surface area contributed by atoms with Crippen LogP contribution in [-0.4, -0.2) is 22.0 Å². The number of hydrogen-bond acceptors (Lipinski definition) is 2. The molecule has 0 saturated heterocycles. The standard InChI is InChI=1S/C13H17N3O2/c1-2-12(17)14-8-5-9-16-11-7-4-3-6-10(11)15-13(16)18/h3-4,6-7H,2,5,8-9H2,1H3,(H,14,17)(H,15,18). The van der Waals surface area contributed by atoms with Crippen molar-refractivity contribution in [1.82, 2.24) is 14.9 Å². The number of nitrogens with zero attached hydrogens (tertiary/aromatic N) is 1. The number of carbonyl (C=O) groups is 1. The van der Waals surface area contributed by atoms with Gasteiger partial charge in [-0.15, -0.1) is 0 Å². The monoisotopic (exact) mass is 247 g/mol. The van der Waals surface area contributed by atoms with Crippen molar-refractivity contribution in [1.29, 1.82) is 0 Å². The normalized spacial score (nSPS) is 10.7. The zero-order valence-corrected chi connectivity index (χ0v) is 10.4. The minimum absolute atomic E-state index is 0.0428. The van der Waals surface area contributed by atoms with E-state index < -0.39 is 0 Å². The molecule has 0 fully saturated rings. The van der Waals surface area contributed by atoms with E-state index in [2.05, 4.69) is 10.3 Å². The van der Waals surface area contributed by atoms with Crippen LogP contribution < -0.4 is 11.0 Å². The Hall–Kier alpha value is -2.04. The van der Waals surface area contributed by atoms with Gasteiger partial charge in [-0.3, -0.25) is 9.36 Å². The third kappa shape index (κ3) is 2.61. The van der Waals surface area contributed by atoms with Gasteiger partial charge in [0.2, 0.25) is 5.91 Å². The van der Waals surface area contributed by atoms with Crippen LogP contribution in [0, 0.1) is 0 Å². The van der Waals surface area contributed by atoms with Crippen LogP contribution in [0.5, 0.6) is 0 Å². The summed E-state index contributed by atoms with van der Waals surface area (Å²) in [6, 6.07) is 7.60. The first-order valence-electron chi connectivity index (χ1n) is 6.16. The number of para-hydroxylation sites is 2. The Kier molecular flexibility index (Phi) is 3.82. The smallest absolute Gasteiger partial charge is 0.326 e. The average molecular weight is 247 g/mol. The fourth-order valence-electron chi connectivity index (χ4n) is 1.92. The molecule has 96 valence electrons. The molecule has 5 nitrogen and oxygen atoms in total. The van der Waals surface area contributed by atoms with Crippen molar-refractivity contribution in [3.05, 3.63) is 34.7 Å². The maximum Gasteiger partial charge on any atom is 0.326 e. The fourth-order valence-corrected chi connectivity index (χ4v) is 1.92. The maximum atomic E-state index is 11.7. The molecule has 2 N–H and O–H groups in total. The van der Waals surface area contributed by atoms with E-state index in [9.17, 15) is 9.59 Å². The van der Waals surface area contributed by atoms with Crippen molar-refractivity contribution >= 4 is 16.9 Å². The van der Waals surface area contributed by atoms with Crippen LogP contribution in [0.2, 0.25) is 0 Å². The van der Waals surface area contributed by atoms with E-state index in [4.69, 9.17) is 0 Å². The van der Waals surface area contributed by atoms with Gasteiger partial charge in [-0.2, -0.15) is 0 Å². The van der Waals surface area contributed by atoms with Crippen LogP contribution in [-0.2, 0) is 11.3 Å². The summed E-state index contributed by atoms with van der Waals surface area (Å²) in [5, 5.41) is 2.80. The highest BCUT2D eigenvalue weighted by molar-refractivity contribution is 5.75. The SMILES string of the molecule is CCC(=O)NCCCn1c(=O)[nH]c2ccccc21. The molecular formula is C13H17N3O2. The molecule has 0 unspecified atom stereocenters. The van der Waals surface area contributed by atoms with Gasteiger partial charge in [0.05, 0.1) is 11.0 Å². The summed E-state index contributed by atoms with van der Waals surface area (Å²) in [4.78, 5) is 25.6. The number of amides is 1. The molecule has 1 heterocycles. The summed E-state index contributed by atoms with van der Waals surface area (Å²) in [6.07, 6.45) is 1.24. The lowest BCUT2D eigenvalue weighted by atomic mass is 10.3. The summed E-state index contributed by atoms with van der Waals surface area (Å²) in [7, 11) is 0. The second-order valence-electron chi connectivity index (χ2n) is 4.16. The molecule has 0 aliphatic rings. The van der Waals surface area contributed by atoms with Crippen molar-refractivity contribution in [2.75, 3.05) is 6.54 Å². The number of nitrogens with one attached hydrogen (secondary N) is 2. The Labute approximate surface area is 105 Å². The first kappa shape index (κ1) is 12.4. The topological polar surface area (TPSA) is 66.9 Å². The maximum absolute atomic E-state index is 11.7. The highest BCUT2D eigenvalue weighted by Gasteiger charge is 2.05. The van der Waals surface area contributed by atoms with Gasteiger partial charge in [-0.1, -0.05) is 19.1 Å². The fraction of sp³-hybridized carbons (Fsp3) is 0.385. The largest absolute Gasteiger partial charge is 0.356 e. The first-order chi connectivity index (χ1) is 8.72. The molecule has 18 heavy (non-hydrogen) atoms. The van der Waals surface area contributed by atoms with Crippen molar-refractivity contribution < 1.29 is 4.79 Å². The van der Waals surface area contributed by atoms with Gasteiger partial charge < -0.3 is 10.3 Å². The molecule has 2 aromatic rings. The average Bonchev–Trinajstić information content (AvgIpc) is 2.70. The van der Waals surface area contributed by atoms with E-state index in [0.717, 1.165) is 17.5 Å². The number of aromatic nitrogens is 2. The number of fused-ring (bicyclic) bond motifs is 1. The quantitative estimate of drug-likeness (QED) is 0.781. The lowest BCUT2D eigenvalue weighted by molar-refractivity contribution is -0.120. The van der Waals surface area contributed by atoms with Gasteiger partial charge >= 0.3 is 5.69 Å². The molecule has 2 rings (SSSR count). The van der Waals surface area contributed by atoms with Gasteiger partial charge in [-0.25, -0.2) is 4.79 Å². The Bertz CT molecular complexity index is 598. The van der Waals surface area contributed by atoms with Crippen molar-refractivity contribution in [2.24, 2.45) is 0 Å². The number of aryl methyl sites for hydroxylation is 1. The number of rotatable bonds is 5. The first-order valence-corrected chi connectivity index (χ1v) is 6.16. The van der Waals surface area contributed by atoms with E-state index in [-0.39, 0.29) is 11.6 Å². The van der Waals surface area contributed by atoms with Crippen LogP contribution in [0.3, 0.4) is 0 Å². The summed E-state index contributed by atoms with van der Waals surface area (Å²) >= 11 is 0.